The van der Waals surface area contributed by atoms with Crippen LogP contribution in [0.3, 0.4) is 0 Å². The van der Waals surface area contributed by atoms with Crippen molar-refractivity contribution in [3.63, 3.8) is 0 Å². The van der Waals surface area contributed by atoms with Gasteiger partial charge >= 0.3 is 0 Å². The summed E-state index contributed by atoms with van der Waals surface area (Å²) in [6.45, 7) is 0. The second kappa shape index (κ2) is 3.11. The second-order valence-electron chi connectivity index (χ2n) is 2.36. The lowest BCUT2D eigenvalue weighted by molar-refractivity contribution is 1.05. The maximum atomic E-state index is 3.97. The van der Waals surface area contributed by atoms with Crippen LogP contribution in [0.2, 0.25) is 0 Å². The summed E-state index contributed by atoms with van der Waals surface area (Å²) in [6, 6.07) is 8.86. The highest BCUT2D eigenvalue weighted by Gasteiger charge is 1.94. The number of rotatable bonds is 1. The van der Waals surface area contributed by atoms with Crippen LogP contribution in [0.1, 0.15) is 0 Å². The molecule has 2 aromatic rings. The lowest BCUT2D eigenvalue weighted by Crippen LogP contribution is -1.88. The molecular weight excluding hydrogens is 216 g/mol. The van der Waals surface area contributed by atoms with Gasteiger partial charge in [-0.15, -0.1) is 0 Å². The Labute approximate surface area is 79.0 Å². The molecule has 0 amide bonds. The summed E-state index contributed by atoms with van der Waals surface area (Å²) in [5.74, 6) is 0. The fraction of sp³-hybridized carbons (Fsp3) is 0. The molecule has 0 fully saturated rings. The van der Waals surface area contributed by atoms with Gasteiger partial charge in [0, 0.05) is 22.6 Å². The third kappa shape index (κ3) is 1.41. The first kappa shape index (κ1) is 7.55. The molecule has 1 radical (unpaired) electrons. The SMILES string of the molecule is Brc1[c]ccc(-n2ccnc2)c1. The molecule has 0 atom stereocenters. The Kier molecular flexibility index (Phi) is 1.96. The zero-order valence-electron chi connectivity index (χ0n) is 6.24. The molecule has 1 aromatic carbocycles. The molecule has 3 heteroatoms. The Morgan fingerprint density at radius 3 is 3.08 bits per heavy atom. The molecule has 0 saturated heterocycles. The van der Waals surface area contributed by atoms with Crippen LogP contribution < -0.4 is 0 Å². The smallest absolute Gasteiger partial charge is 0.0991 e. The van der Waals surface area contributed by atoms with Gasteiger partial charge in [0.2, 0.25) is 0 Å². The second-order valence-corrected chi connectivity index (χ2v) is 3.22. The van der Waals surface area contributed by atoms with Gasteiger partial charge in [0.15, 0.2) is 0 Å². The largest absolute Gasteiger partial charge is 0.306 e. The number of halogens is 1. The molecule has 2 nitrogen and oxygen atoms in total. The summed E-state index contributed by atoms with van der Waals surface area (Å²) >= 11 is 3.36. The van der Waals surface area contributed by atoms with E-state index in [-0.39, 0.29) is 0 Å². The molecule has 1 heterocycles. The summed E-state index contributed by atoms with van der Waals surface area (Å²) in [5.41, 5.74) is 1.08. The first-order valence-corrected chi connectivity index (χ1v) is 4.31. The van der Waals surface area contributed by atoms with Crippen LogP contribution >= 0.6 is 15.9 Å². The van der Waals surface area contributed by atoms with Crippen LogP contribution in [0.15, 0.2) is 41.4 Å². The van der Waals surface area contributed by atoms with Crippen molar-refractivity contribution >= 4 is 15.9 Å². The van der Waals surface area contributed by atoms with Gasteiger partial charge in [-0.3, -0.25) is 0 Å². The number of aromatic nitrogens is 2. The van der Waals surface area contributed by atoms with Gasteiger partial charge in [-0.25, -0.2) is 4.98 Å². The van der Waals surface area contributed by atoms with E-state index in [2.05, 4.69) is 27.0 Å². The summed E-state index contributed by atoms with van der Waals surface area (Å²) in [6.07, 6.45) is 5.42. The van der Waals surface area contributed by atoms with Crippen molar-refractivity contribution in [2.75, 3.05) is 0 Å². The van der Waals surface area contributed by atoms with Gasteiger partial charge < -0.3 is 4.57 Å². The highest BCUT2D eigenvalue weighted by atomic mass is 79.9. The molecule has 59 valence electrons. The summed E-state index contributed by atoms with van der Waals surface area (Å²) < 4.78 is 2.90. The third-order valence-electron chi connectivity index (χ3n) is 1.55. The van der Waals surface area contributed by atoms with E-state index in [1.165, 1.54) is 0 Å². The van der Waals surface area contributed by atoms with Gasteiger partial charge in [-0.1, -0.05) is 22.0 Å². The average molecular weight is 222 g/mol. The standard InChI is InChI=1S/C9H6BrN2/c10-8-2-1-3-9(6-8)12-5-4-11-7-12/h1,3-7H. The highest BCUT2D eigenvalue weighted by Crippen LogP contribution is 2.13. The van der Waals surface area contributed by atoms with Crippen molar-refractivity contribution in [2.45, 2.75) is 0 Å². The Hall–Kier alpha value is -1.09. The first-order chi connectivity index (χ1) is 5.86. The van der Waals surface area contributed by atoms with Crippen molar-refractivity contribution in [3.05, 3.63) is 47.5 Å². The number of benzene rings is 1. The van der Waals surface area contributed by atoms with E-state index in [9.17, 15) is 0 Å². The normalized spacial score (nSPS) is 10.1. The minimum atomic E-state index is 0.953. The topological polar surface area (TPSA) is 17.8 Å². The van der Waals surface area contributed by atoms with Crippen LogP contribution in [0.4, 0.5) is 0 Å². The molecular formula is C9H6BrN2. The molecule has 1 aromatic heterocycles. The molecule has 2 rings (SSSR count). The van der Waals surface area contributed by atoms with Crippen LogP contribution in [0.5, 0.6) is 0 Å². The minimum absolute atomic E-state index is 0.953. The lowest BCUT2D eigenvalue weighted by atomic mass is 10.3. The average Bonchev–Trinajstić information content (AvgIpc) is 2.56. The summed E-state index contributed by atoms with van der Waals surface area (Å²) in [4.78, 5) is 3.97. The van der Waals surface area contributed by atoms with E-state index in [0.717, 1.165) is 10.2 Å². The van der Waals surface area contributed by atoms with Crippen molar-refractivity contribution in [1.29, 1.82) is 0 Å². The van der Waals surface area contributed by atoms with Crippen LogP contribution in [0, 0.1) is 6.07 Å². The molecule has 0 aliphatic rings. The van der Waals surface area contributed by atoms with E-state index in [1.54, 1.807) is 12.5 Å². The van der Waals surface area contributed by atoms with Crippen LogP contribution in [-0.2, 0) is 0 Å². The fourth-order valence-electron chi connectivity index (χ4n) is 0.999. The molecule has 0 aliphatic carbocycles. The van der Waals surface area contributed by atoms with Crippen molar-refractivity contribution < 1.29 is 0 Å². The molecule has 0 saturated carbocycles. The van der Waals surface area contributed by atoms with Gasteiger partial charge in [-0.05, 0) is 18.2 Å². The quantitative estimate of drug-likeness (QED) is 0.724. The Bertz CT molecular complexity index is 368. The van der Waals surface area contributed by atoms with Crippen LogP contribution in [0.25, 0.3) is 5.69 Å². The monoisotopic (exact) mass is 221 g/mol. The Morgan fingerprint density at radius 2 is 2.42 bits per heavy atom. The van der Waals surface area contributed by atoms with Gasteiger partial charge in [0.1, 0.15) is 0 Å². The zero-order chi connectivity index (χ0) is 8.39. The number of nitrogens with zero attached hydrogens (tertiary/aromatic N) is 2. The van der Waals surface area contributed by atoms with Crippen LogP contribution in [-0.4, -0.2) is 9.55 Å². The summed E-state index contributed by atoms with van der Waals surface area (Å²) in [5, 5.41) is 0. The maximum Gasteiger partial charge on any atom is 0.0991 e. The van der Waals surface area contributed by atoms with E-state index >= 15 is 0 Å². The lowest BCUT2D eigenvalue weighted by Gasteiger charge is -2.00. The molecule has 12 heavy (non-hydrogen) atoms. The zero-order valence-corrected chi connectivity index (χ0v) is 7.82. The molecule has 0 N–H and O–H groups in total. The van der Waals surface area contributed by atoms with E-state index in [0.29, 0.717) is 0 Å². The minimum Gasteiger partial charge on any atom is -0.306 e. The predicted molar refractivity (Wildman–Crippen MR) is 50.1 cm³/mol. The molecule has 0 aliphatic heterocycles. The predicted octanol–water partition coefficient (Wildman–Crippen LogP) is 2.43. The number of hydrogen-bond donors (Lipinski definition) is 0. The van der Waals surface area contributed by atoms with Crippen molar-refractivity contribution in [1.82, 2.24) is 9.55 Å². The Balaban J connectivity index is 2.48. The first-order valence-electron chi connectivity index (χ1n) is 3.52. The van der Waals surface area contributed by atoms with Crippen molar-refractivity contribution in [3.8, 4) is 5.69 Å². The summed E-state index contributed by atoms with van der Waals surface area (Å²) in [7, 11) is 0. The van der Waals surface area contributed by atoms with Crippen molar-refractivity contribution in [2.24, 2.45) is 0 Å². The maximum absolute atomic E-state index is 3.97. The highest BCUT2D eigenvalue weighted by molar-refractivity contribution is 9.10. The fourth-order valence-corrected chi connectivity index (χ4v) is 1.37. The number of imidazole rings is 1. The molecule has 0 unspecified atom stereocenters. The van der Waals surface area contributed by atoms with Gasteiger partial charge in [0.05, 0.1) is 6.33 Å². The van der Waals surface area contributed by atoms with E-state index < -0.39 is 0 Å². The molecule has 0 spiro atoms. The molecule has 0 bridgehead atoms. The van der Waals surface area contributed by atoms with Gasteiger partial charge in [0.25, 0.3) is 0 Å². The van der Waals surface area contributed by atoms with E-state index in [4.69, 9.17) is 0 Å². The third-order valence-corrected chi connectivity index (χ3v) is 2.01. The van der Waals surface area contributed by atoms with Gasteiger partial charge in [-0.2, -0.15) is 0 Å². The Morgan fingerprint density at radius 1 is 1.50 bits per heavy atom. The number of hydrogen-bond acceptors (Lipinski definition) is 1. The van der Waals surface area contributed by atoms with E-state index in [1.807, 2.05) is 29.0 Å².